The second-order valence-electron chi connectivity index (χ2n) is 12.8. The molecule has 0 spiro atoms. The normalized spacial score (nSPS) is 36.4. The van der Waals surface area contributed by atoms with Crippen LogP contribution >= 0.6 is 0 Å². The van der Waals surface area contributed by atoms with Crippen LogP contribution in [-0.2, 0) is 44.4 Å². The molecule has 2 aromatic carbocycles. The number of aromatic hydroxyl groups is 4. The number of esters is 1. The third-order valence-electron chi connectivity index (χ3n) is 8.97. The summed E-state index contributed by atoms with van der Waals surface area (Å²) in [4.78, 5) is 13.2. The zero-order valence-corrected chi connectivity index (χ0v) is 28.2. The van der Waals surface area contributed by atoms with E-state index in [4.69, 9.17) is 33.2 Å². The summed E-state index contributed by atoms with van der Waals surface area (Å²) < 4.78 is 40.1. The molecule has 53 heavy (non-hydrogen) atoms. The molecule has 19 nitrogen and oxygen atoms in total. The Kier molecular flexibility index (Phi) is 13.5. The van der Waals surface area contributed by atoms with Gasteiger partial charge in [-0.1, -0.05) is 12.1 Å². The van der Waals surface area contributed by atoms with E-state index >= 15 is 0 Å². The highest BCUT2D eigenvalue weighted by atomic mass is 16.8. The lowest BCUT2D eigenvalue weighted by atomic mass is 9.96. The van der Waals surface area contributed by atoms with Gasteiger partial charge in [0.25, 0.3) is 0 Å². The number of rotatable bonds is 12. The molecule has 294 valence electrons. The van der Waals surface area contributed by atoms with Crippen molar-refractivity contribution in [2.45, 2.75) is 99.4 Å². The Bertz CT molecular complexity index is 1560. The summed E-state index contributed by atoms with van der Waals surface area (Å²) in [5.74, 6) is -2.62. The summed E-state index contributed by atoms with van der Waals surface area (Å²) in [5, 5.41) is 112. The van der Waals surface area contributed by atoms with Crippen LogP contribution in [0.15, 0.2) is 42.5 Å². The van der Waals surface area contributed by atoms with Crippen molar-refractivity contribution < 1.29 is 94.1 Å². The van der Waals surface area contributed by atoms with Gasteiger partial charge in [-0.3, -0.25) is 0 Å². The average Bonchev–Trinajstić information content (AvgIpc) is 3.13. The van der Waals surface area contributed by atoms with Gasteiger partial charge in [0.15, 0.2) is 48.0 Å². The second kappa shape index (κ2) is 17.6. The zero-order chi connectivity index (χ0) is 38.6. The zero-order valence-electron chi connectivity index (χ0n) is 28.2. The van der Waals surface area contributed by atoms with Crippen molar-refractivity contribution in [1.82, 2.24) is 0 Å². The second-order valence-corrected chi connectivity index (χ2v) is 12.8. The van der Waals surface area contributed by atoms with E-state index in [1.54, 1.807) is 0 Å². The first kappa shape index (κ1) is 40.5. The molecule has 3 aliphatic heterocycles. The van der Waals surface area contributed by atoms with Crippen LogP contribution in [0.4, 0.5) is 0 Å². The van der Waals surface area contributed by atoms with E-state index in [2.05, 4.69) is 0 Å². The van der Waals surface area contributed by atoms with Gasteiger partial charge in [0.2, 0.25) is 0 Å². The van der Waals surface area contributed by atoms with E-state index in [0.29, 0.717) is 5.56 Å². The monoisotopic (exact) mass is 756 g/mol. The molecule has 19 heteroatoms. The van der Waals surface area contributed by atoms with Gasteiger partial charge in [-0.25, -0.2) is 4.79 Å². The Balaban J connectivity index is 1.42. The summed E-state index contributed by atoms with van der Waals surface area (Å²) >= 11 is 0. The average molecular weight is 757 g/mol. The van der Waals surface area contributed by atoms with Crippen molar-refractivity contribution in [2.24, 2.45) is 0 Å². The molecule has 3 saturated heterocycles. The first-order valence-electron chi connectivity index (χ1n) is 16.6. The molecule has 11 N–H and O–H groups in total. The van der Waals surface area contributed by atoms with Crippen molar-refractivity contribution in [3.8, 4) is 23.0 Å². The molecule has 3 heterocycles. The first-order valence-corrected chi connectivity index (χ1v) is 16.6. The Morgan fingerprint density at radius 2 is 1.42 bits per heavy atom. The quantitative estimate of drug-likeness (QED) is 0.0603. The minimum absolute atomic E-state index is 0.136. The number of benzene rings is 2. The fourth-order valence-corrected chi connectivity index (χ4v) is 5.86. The molecule has 0 aromatic heterocycles. The van der Waals surface area contributed by atoms with Crippen LogP contribution in [0.3, 0.4) is 0 Å². The Morgan fingerprint density at radius 3 is 2.11 bits per heavy atom. The Labute approximate surface area is 302 Å². The van der Waals surface area contributed by atoms with Crippen LogP contribution in [0.2, 0.25) is 0 Å². The SMILES string of the molecule is C[C@@H]1O[C@@H](O[C@@H]2[C@@H](O)[C@H](OCCc3ccc(O)c(O)c3)O[C@H](CO[C@@H]3OC[C@@H](O)[C@H](O)[C@H]3O)[C@H]2OC(=O)/C=C/c2ccc(O)c(O)c2)[C@H](O)[C@H](O)[C@H]1O. The number of hydrogen-bond donors (Lipinski definition) is 11. The van der Waals surface area contributed by atoms with Gasteiger partial charge in [-0.15, -0.1) is 0 Å². The number of carbonyl (C=O) groups is 1. The molecular formula is C34H44O19. The van der Waals surface area contributed by atoms with Gasteiger partial charge in [-0.05, 0) is 54.8 Å². The summed E-state index contributed by atoms with van der Waals surface area (Å²) in [7, 11) is 0. The minimum Gasteiger partial charge on any atom is -0.504 e. The number of phenols is 4. The predicted octanol–water partition coefficient (Wildman–Crippen LogP) is -2.55. The van der Waals surface area contributed by atoms with E-state index < -0.39 is 117 Å². The van der Waals surface area contributed by atoms with Crippen LogP contribution in [0, 0.1) is 0 Å². The molecule has 5 rings (SSSR count). The molecule has 2 aromatic rings. The number of aliphatic hydroxyl groups is 7. The fourth-order valence-electron chi connectivity index (χ4n) is 5.86. The Morgan fingerprint density at radius 1 is 0.736 bits per heavy atom. The first-order chi connectivity index (χ1) is 25.1. The lowest BCUT2D eigenvalue weighted by Gasteiger charge is -2.47. The summed E-state index contributed by atoms with van der Waals surface area (Å²) in [5.41, 5.74) is 0.813. The summed E-state index contributed by atoms with van der Waals surface area (Å²) in [6.45, 7) is 0.237. The summed E-state index contributed by atoms with van der Waals surface area (Å²) in [6.07, 6.45) is -20.0. The lowest BCUT2D eigenvalue weighted by molar-refractivity contribution is -0.362. The van der Waals surface area contributed by atoms with Gasteiger partial charge in [0.1, 0.15) is 54.9 Å². The molecule has 0 aliphatic carbocycles. The van der Waals surface area contributed by atoms with Crippen molar-refractivity contribution in [1.29, 1.82) is 0 Å². The van der Waals surface area contributed by atoms with Gasteiger partial charge in [0, 0.05) is 6.08 Å². The third-order valence-corrected chi connectivity index (χ3v) is 8.97. The fraction of sp³-hybridized carbons (Fsp3) is 0.559. The van der Waals surface area contributed by atoms with Crippen molar-refractivity contribution in [3.63, 3.8) is 0 Å². The van der Waals surface area contributed by atoms with E-state index in [1.165, 1.54) is 49.4 Å². The number of phenolic OH excluding ortho intramolecular Hbond substituents is 4. The molecule has 3 aliphatic rings. The maximum atomic E-state index is 13.2. The smallest absolute Gasteiger partial charge is 0.331 e. The van der Waals surface area contributed by atoms with E-state index in [0.717, 1.165) is 6.08 Å². The molecule has 0 unspecified atom stereocenters. The maximum Gasteiger partial charge on any atom is 0.331 e. The van der Waals surface area contributed by atoms with Crippen molar-refractivity contribution in [3.05, 3.63) is 53.6 Å². The largest absolute Gasteiger partial charge is 0.504 e. The number of ether oxygens (including phenoxy) is 7. The van der Waals surface area contributed by atoms with Crippen molar-refractivity contribution in [2.75, 3.05) is 19.8 Å². The van der Waals surface area contributed by atoms with E-state index in [9.17, 15) is 61.0 Å². The topological polar surface area (TPSA) is 304 Å². The molecule has 0 radical (unpaired) electrons. The number of hydrogen-bond acceptors (Lipinski definition) is 19. The van der Waals surface area contributed by atoms with E-state index in [1.807, 2.05) is 0 Å². The maximum absolute atomic E-state index is 13.2. The van der Waals surface area contributed by atoms with Crippen LogP contribution in [0.25, 0.3) is 6.08 Å². The van der Waals surface area contributed by atoms with Crippen molar-refractivity contribution >= 4 is 12.0 Å². The lowest BCUT2D eigenvalue weighted by Crippen LogP contribution is -2.65. The van der Waals surface area contributed by atoms with Gasteiger partial charge in [0.05, 0.1) is 25.9 Å². The standard InChI is InChI=1S/C34H44O19/c1-14-24(41)26(43)28(45)34(50-14)53-31-29(46)33(47-9-8-16-3-6-18(36)20(38)11-16)51-22(13-49-32-27(44)25(42)21(39)12-48-32)30(31)52-23(40)7-4-15-2-5-17(35)19(37)10-15/h2-7,10-11,14,21-22,24-39,41-46H,8-9,12-13H2,1H3/b7-4+/t14-,21+,22+,24-,25-,26+,27+,28+,29+,30+,31+,32-,33+,34-/m0/s1. The molecule has 3 fully saturated rings. The van der Waals surface area contributed by atoms with E-state index in [-0.39, 0.29) is 30.1 Å². The minimum atomic E-state index is -1.86. The highest BCUT2D eigenvalue weighted by Gasteiger charge is 2.53. The number of carbonyl (C=O) groups excluding carboxylic acids is 1. The molecular weight excluding hydrogens is 712 g/mol. The molecule has 0 bridgehead atoms. The predicted molar refractivity (Wildman–Crippen MR) is 174 cm³/mol. The van der Waals surface area contributed by atoms with Gasteiger partial charge >= 0.3 is 5.97 Å². The number of aliphatic hydroxyl groups excluding tert-OH is 7. The van der Waals surface area contributed by atoms with Gasteiger partial charge in [-0.2, -0.15) is 0 Å². The van der Waals surface area contributed by atoms with Gasteiger partial charge < -0.3 is 89.3 Å². The Hall–Kier alpha value is -3.67. The summed E-state index contributed by atoms with van der Waals surface area (Å²) in [6, 6.07) is 7.83. The molecule has 14 atom stereocenters. The highest BCUT2D eigenvalue weighted by molar-refractivity contribution is 5.87. The van der Waals surface area contributed by atoms with Crippen LogP contribution in [0.5, 0.6) is 23.0 Å². The molecule has 0 saturated carbocycles. The van der Waals surface area contributed by atoms with Crippen LogP contribution in [0.1, 0.15) is 18.1 Å². The third kappa shape index (κ3) is 9.72. The van der Waals surface area contributed by atoms with Crippen LogP contribution in [-0.4, -0.2) is 168 Å². The molecule has 0 amide bonds. The van der Waals surface area contributed by atoms with Crippen LogP contribution < -0.4 is 0 Å². The highest BCUT2D eigenvalue weighted by Crippen LogP contribution is 2.33.